The molecule has 1 aromatic heterocycles. The van der Waals surface area contributed by atoms with Gasteiger partial charge in [0.15, 0.2) is 0 Å². The molecule has 3 nitrogen and oxygen atoms in total. The molecule has 0 spiro atoms. The Morgan fingerprint density at radius 2 is 1.67 bits per heavy atom. The zero-order chi connectivity index (χ0) is 11.8. The molecule has 3 rings (SSSR count). The number of aromatic nitrogens is 1. The number of rotatable bonds is 1. The fraction of sp³-hybridized carbons (Fsp3) is 0. The first kappa shape index (κ1) is 13.4. The molecule has 0 saturated heterocycles. The van der Waals surface area contributed by atoms with E-state index < -0.39 is 0 Å². The molecule has 0 radical (unpaired) electrons. The normalized spacial score (nSPS) is 10.2. The van der Waals surface area contributed by atoms with Crippen LogP contribution in [0.4, 0.5) is 0 Å². The third-order valence-corrected chi connectivity index (χ3v) is 3.67. The summed E-state index contributed by atoms with van der Waals surface area (Å²) in [5.74, 6) is -0.0529. The van der Waals surface area contributed by atoms with E-state index in [9.17, 15) is 9.90 Å². The van der Waals surface area contributed by atoms with Gasteiger partial charge in [-0.1, -0.05) is 35.8 Å². The topological polar surface area (TPSA) is 45.1 Å². The molecule has 0 aliphatic carbocycles. The minimum absolute atomic E-state index is 0. The third-order valence-electron chi connectivity index (χ3n) is 2.56. The van der Waals surface area contributed by atoms with E-state index in [0.29, 0.717) is 5.39 Å². The predicted molar refractivity (Wildman–Crippen MR) is 66.9 cm³/mol. The van der Waals surface area contributed by atoms with Crippen molar-refractivity contribution in [2.45, 2.75) is 0 Å². The van der Waals surface area contributed by atoms with Crippen LogP contribution < -0.4 is 40.2 Å². The summed E-state index contributed by atoms with van der Waals surface area (Å²) in [4.78, 5) is 12.1. The van der Waals surface area contributed by atoms with Crippen molar-refractivity contribution >= 4 is 21.6 Å². The van der Waals surface area contributed by atoms with Crippen LogP contribution in [0, 0.1) is 0 Å². The van der Waals surface area contributed by atoms with Gasteiger partial charge in [0.05, 0.1) is 15.8 Å². The molecule has 2 aromatic carbocycles. The average molecular weight is 265 g/mol. The van der Waals surface area contributed by atoms with Gasteiger partial charge in [0.1, 0.15) is 0 Å². The van der Waals surface area contributed by atoms with Crippen LogP contribution in [-0.2, 0) is 0 Å². The van der Waals surface area contributed by atoms with Gasteiger partial charge < -0.3 is 5.11 Å². The van der Waals surface area contributed by atoms with Crippen molar-refractivity contribution in [1.29, 1.82) is 0 Å². The Morgan fingerprint density at radius 3 is 2.33 bits per heavy atom. The second-order valence-electron chi connectivity index (χ2n) is 3.68. The second-order valence-corrected chi connectivity index (χ2v) is 4.67. The minimum atomic E-state index is -0.0529. The van der Waals surface area contributed by atoms with E-state index in [-0.39, 0.29) is 40.9 Å². The largest absolute Gasteiger partial charge is 1.00 e. The molecule has 0 N–H and O–H groups in total. The number of hydrogen-bond donors (Lipinski definition) is 0. The fourth-order valence-electron chi connectivity index (χ4n) is 1.72. The molecule has 3 aromatic rings. The van der Waals surface area contributed by atoms with Crippen LogP contribution in [0.3, 0.4) is 0 Å². The third kappa shape index (κ3) is 2.24. The Hall–Kier alpha value is -1.07. The minimum Gasteiger partial charge on any atom is -0.872 e. The van der Waals surface area contributed by atoms with Gasteiger partial charge in [0.2, 0.25) is 0 Å². The van der Waals surface area contributed by atoms with Crippen LogP contribution in [-0.4, -0.2) is 3.96 Å². The summed E-state index contributed by atoms with van der Waals surface area (Å²) < 4.78 is 2.55. The van der Waals surface area contributed by atoms with Gasteiger partial charge in [-0.3, -0.25) is 4.79 Å². The molecule has 18 heavy (non-hydrogen) atoms. The molecule has 0 atom stereocenters. The molecule has 0 amide bonds. The summed E-state index contributed by atoms with van der Waals surface area (Å²) in [6, 6.07) is 13.7. The van der Waals surface area contributed by atoms with E-state index >= 15 is 0 Å². The van der Waals surface area contributed by atoms with Gasteiger partial charge in [0, 0.05) is 0 Å². The molecule has 0 unspecified atom stereocenters. The smallest absolute Gasteiger partial charge is 0.872 e. The summed E-state index contributed by atoms with van der Waals surface area (Å²) in [6.45, 7) is 0. The average Bonchev–Trinajstić information content (AvgIpc) is 2.69. The van der Waals surface area contributed by atoms with Crippen molar-refractivity contribution in [2.75, 3.05) is 0 Å². The van der Waals surface area contributed by atoms with Crippen molar-refractivity contribution in [2.24, 2.45) is 0 Å². The van der Waals surface area contributed by atoms with Crippen LogP contribution in [0.15, 0.2) is 53.3 Å². The summed E-state index contributed by atoms with van der Waals surface area (Å²) in [5.41, 5.74) is 0.694. The number of fused-ring (bicyclic) bond motifs is 1. The first-order valence-corrected chi connectivity index (χ1v) is 5.91. The zero-order valence-corrected chi connectivity index (χ0v) is 12.6. The van der Waals surface area contributed by atoms with E-state index in [1.54, 1.807) is 16.1 Å². The van der Waals surface area contributed by atoms with E-state index in [1.165, 1.54) is 23.7 Å². The van der Waals surface area contributed by atoms with Crippen LogP contribution in [0.5, 0.6) is 5.75 Å². The standard InChI is InChI=1S/C13H9NO2S.Na/c15-10-7-5-9(6-8-10)14-13(16)11-3-1-2-4-12(11)17-14;/h1-8,15H;/q;+1/p-1. The Kier molecular flexibility index (Phi) is 3.92. The second kappa shape index (κ2) is 5.28. The Balaban J connectivity index is 0.00000120. The van der Waals surface area contributed by atoms with Crippen molar-refractivity contribution in [3.8, 4) is 11.4 Å². The molecule has 1 heterocycles. The monoisotopic (exact) mass is 265 g/mol. The van der Waals surface area contributed by atoms with Gasteiger partial charge in [-0.25, -0.2) is 3.96 Å². The van der Waals surface area contributed by atoms with E-state index in [4.69, 9.17) is 0 Å². The molecule has 5 heteroatoms. The van der Waals surface area contributed by atoms with Crippen LogP contribution in [0.2, 0.25) is 0 Å². The van der Waals surface area contributed by atoms with Crippen LogP contribution in [0.25, 0.3) is 15.8 Å². The first-order chi connectivity index (χ1) is 8.25. The summed E-state index contributed by atoms with van der Waals surface area (Å²) in [6.07, 6.45) is 0. The van der Waals surface area contributed by atoms with Crippen molar-refractivity contribution in [1.82, 2.24) is 3.96 Å². The van der Waals surface area contributed by atoms with Crippen molar-refractivity contribution in [3.05, 3.63) is 58.9 Å². The van der Waals surface area contributed by atoms with Gasteiger partial charge in [0.25, 0.3) is 5.56 Å². The molecule has 0 aliphatic heterocycles. The van der Waals surface area contributed by atoms with Gasteiger partial charge in [-0.2, -0.15) is 0 Å². The maximum absolute atomic E-state index is 12.1. The Morgan fingerprint density at radius 1 is 1.00 bits per heavy atom. The quantitative estimate of drug-likeness (QED) is 0.537. The summed E-state index contributed by atoms with van der Waals surface area (Å²) in [5, 5.41) is 11.7. The van der Waals surface area contributed by atoms with Crippen LogP contribution >= 0.6 is 11.5 Å². The van der Waals surface area contributed by atoms with Gasteiger partial charge in [-0.05, 0) is 24.3 Å². The fourth-order valence-corrected chi connectivity index (χ4v) is 2.72. The summed E-state index contributed by atoms with van der Waals surface area (Å²) in [7, 11) is 0. The SMILES string of the molecule is O=c1c2ccccc2sn1-c1ccc([O-])cc1.[Na+]. The Bertz CT molecular complexity index is 731. The first-order valence-electron chi connectivity index (χ1n) is 5.14. The Labute approximate surface area is 130 Å². The predicted octanol–water partition coefficient (Wildman–Crippen LogP) is -0.870. The maximum Gasteiger partial charge on any atom is 1.00 e. The van der Waals surface area contributed by atoms with Crippen molar-refractivity contribution in [3.63, 3.8) is 0 Å². The summed E-state index contributed by atoms with van der Waals surface area (Å²) >= 11 is 1.38. The molecular formula is C13H8NNaO2S. The number of nitrogens with zero attached hydrogens (tertiary/aromatic N) is 1. The van der Waals surface area contributed by atoms with E-state index in [0.717, 1.165) is 10.4 Å². The molecule has 0 aliphatic rings. The zero-order valence-electron chi connectivity index (χ0n) is 9.79. The van der Waals surface area contributed by atoms with E-state index in [2.05, 4.69) is 0 Å². The van der Waals surface area contributed by atoms with Gasteiger partial charge >= 0.3 is 29.6 Å². The van der Waals surface area contributed by atoms with Crippen LogP contribution in [0.1, 0.15) is 0 Å². The number of benzene rings is 2. The molecular weight excluding hydrogens is 257 g/mol. The maximum atomic E-state index is 12.1. The van der Waals surface area contributed by atoms with Gasteiger partial charge in [-0.15, -0.1) is 5.75 Å². The molecule has 0 fully saturated rings. The molecule has 0 bridgehead atoms. The molecule has 84 valence electrons. The number of hydrogen-bond acceptors (Lipinski definition) is 3. The molecule has 0 saturated carbocycles. The van der Waals surface area contributed by atoms with Crippen molar-refractivity contribution < 1.29 is 34.7 Å². The van der Waals surface area contributed by atoms with E-state index in [1.807, 2.05) is 24.3 Å².